The number of hydrogen-bond acceptors (Lipinski definition) is 4. The van der Waals surface area contributed by atoms with Crippen LogP contribution in [0.5, 0.6) is 11.5 Å². The SMILES string of the molecule is CC(=O)NCc1c(SC2CCCC2)ccc2c1OCCO2. The van der Waals surface area contributed by atoms with Crippen LogP contribution in [0.4, 0.5) is 0 Å². The molecule has 1 amide bonds. The summed E-state index contributed by atoms with van der Waals surface area (Å²) in [6.07, 6.45) is 5.20. The Balaban J connectivity index is 1.87. The molecule has 2 aliphatic rings. The summed E-state index contributed by atoms with van der Waals surface area (Å²) < 4.78 is 11.5. The van der Waals surface area contributed by atoms with E-state index in [1.165, 1.54) is 37.5 Å². The molecule has 21 heavy (non-hydrogen) atoms. The largest absolute Gasteiger partial charge is 0.486 e. The highest BCUT2D eigenvalue weighted by Gasteiger charge is 2.23. The predicted octanol–water partition coefficient (Wildman–Crippen LogP) is 3.13. The quantitative estimate of drug-likeness (QED) is 0.928. The van der Waals surface area contributed by atoms with E-state index < -0.39 is 0 Å². The zero-order chi connectivity index (χ0) is 14.7. The Labute approximate surface area is 129 Å². The maximum Gasteiger partial charge on any atom is 0.217 e. The smallest absolute Gasteiger partial charge is 0.217 e. The lowest BCUT2D eigenvalue weighted by atomic mass is 10.1. The first-order valence-electron chi connectivity index (χ1n) is 7.56. The van der Waals surface area contributed by atoms with E-state index in [1.807, 2.05) is 17.8 Å². The molecule has 5 heteroatoms. The summed E-state index contributed by atoms with van der Waals surface area (Å²) in [6, 6.07) is 4.09. The zero-order valence-corrected chi connectivity index (χ0v) is 13.1. The van der Waals surface area contributed by atoms with Crippen molar-refractivity contribution in [1.29, 1.82) is 0 Å². The van der Waals surface area contributed by atoms with Crippen molar-refractivity contribution in [1.82, 2.24) is 5.32 Å². The van der Waals surface area contributed by atoms with Crippen LogP contribution in [0.15, 0.2) is 17.0 Å². The van der Waals surface area contributed by atoms with Crippen LogP contribution >= 0.6 is 11.8 Å². The van der Waals surface area contributed by atoms with Crippen LogP contribution in [0.25, 0.3) is 0 Å². The third kappa shape index (κ3) is 3.46. The summed E-state index contributed by atoms with van der Waals surface area (Å²) in [5, 5.41) is 3.57. The average molecular weight is 307 g/mol. The van der Waals surface area contributed by atoms with E-state index in [1.54, 1.807) is 0 Å². The van der Waals surface area contributed by atoms with Crippen molar-refractivity contribution >= 4 is 17.7 Å². The summed E-state index contributed by atoms with van der Waals surface area (Å²) in [5.74, 6) is 1.57. The van der Waals surface area contributed by atoms with Gasteiger partial charge in [0.15, 0.2) is 11.5 Å². The van der Waals surface area contributed by atoms with E-state index in [0.717, 1.165) is 17.1 Å². The van der Waals surface area contributed by atoms with Crippen molar-refractivity contribution in [3.63, 3.8) is 0 Å². The van der Waals surface area contributed by atoms with Crippen molar-refractivity contribution in [2.24, 2.45) is 0 Å². The lowest BCUT2D eigenvalue weighted by Gasteiger charge is -2.24. The van der Waals surface area contributed by atoms with Crippen LogP contribution in [0.1, 0.15) is 38.2 Å². The Morgan fingerprint density at radius 3 is 2.81 bits per heavy atom. The van der Waals surface area contributed by atoms with Gasteiger partial charge in [0, 0.05) is 29.2 Å². The lowest BCUT2D eigenvalue weighted by molar-refractivity contribution is -0.119. The maximum absolute atomic E-state index is 11.3. The summed E-state index contributed by atoms with van der Waals surface area (Å²) in [7, 11) is 0. The molecular weight excluding hydrogens is 286 g/mol. The van der Waals surface area contributed by atoms with Crippen LogP contribution < -0.4 is 14.8 Å². The van der Waals surface area contributed by atoms with E-state index in [0.29, 0.717) is 25.0 Å². The molecule has 1 heterocycles. The molecule has 0 saturated heterocycles. The minimum Gasteiger partial charge on any atom is -0.486 e. The highest BCUT2D eigenvalue weighted by Crippen LogP contribution is 2.43. The van der Waals surface area contributed by atoms with Gasteiger partial charge in [-0.2, -0.15) is 0 Å². The third-order valence-electron chi connectivity index (χ3n) is 3.88. The summed E-state index contributed by atoms with van der Waals surface area (Å²) >= 11 is 1.92. The standard InChI is InChI=1S/C16H21NO3S/c1-11(18)17-10-13-15(21-12-4-2-3-5-12)7-6-14-16(13)20-9-8-19-14/h6-7,12H,2-5,8-10H2,1H3,(H,17,18). The Kier molecular flexibility index (Phi) is 4.58. The van der Waals surface area contributed by atoms with E-state index in [-0.39, 0.29) is 5.91 Å². The average Bonchev–Trinajstić information content (AvgIpc) is 2.98. The Morgan fingerprint density at radius 2 is 2.05 bits per heavy atom. The molecule has 0 aromatic heterocycles. The first kappa shape index (κ1) is 14.6. The second-order valence-electron chi connectivity index (χ2n) is 5.50. The Bertz CT molecular complexity index is 526. The Morgan fingerprint density at radius 1 is 1.29 bits per heavy atom. The number of hydrogen-bond donors (Lipinski definition) is 1. The highest BCUT2D eigenvalue weighted by atomic mass is 32.2. The van der Waals surface area contributed by atoms with Gasteiger partial charge in [-0.15, -0.1) is 11.8 Å². The zero-order valence-electron chi connectivity index (χ0n) is 12.3. The molecule has 1 N–H and O–H groups in total. The second kappa shape index (κ2) is 6.60. The number of thioether (sulfide) groups is 1. The van der Waals surface area contributed by atoms with Crippen molar-refractivity contribution in [2.75, 3.05) is 13.2 Å². The number of nitrogens with one attached hydrogen (secondary N) is 1. The van der Waals surface area contributed by atoms with Crippen molar-refractivity contribution in [2.45, 2.75) is 49.3 Å². The molecule has 1 aliphatic heterocycles. The van der Waals surface area contributed by atoms with Gasteiger partial charge in [-0.3, -0.25) is 4.79 Å². The lowest BCUT2D eigenvalue weighted by Crippen LogP contribution is -2.22. The van der Waals surface area contributed by atoms with Crippen molar-refractivity contribution in [3.8, 4) is 11.5 Å². The topological polar surface area (TPSA) is 47.6 Å². The van der Waals surface area contributed by atoms with E-state index in [2.05, 4.69) is 11.4 Å². The molecule has 3 rings (SSSR count). The van der Waals surface area contributed by atoms with Gasteiger partial charge in [0.2, 0.25) is 5.91 Å². The van der Waals surface area contributed by atoms with Crippen LogP contribution in [0.2, 0.25) is 0 Å². The summed E-state index contributed by atoms with van der Waals surface area (Å²) in [4.78, 5) is 12.5. The van der Waals surface area contributed by atoms with Gasteiger partial charge in [-0.25, -0.2) is 0 Å². The molecule has 0 bridgehead atoms. The van der Waals surface area contributed by atoms with Gasteiger partial charge in [0.25, 0.3) is 0 Å². The molecule has 0 unspecified atom stereocenters. The predicted molar refractivity (Wildman–Crippen MR) is 83.1 cm³/mol. The Hall–Kier alpha value is -1.36. The number of rotatable bonds is 4. The number of carbonyl (C=O) groups excluding carboxylic acids is 1. The van der Waals surface area contributed by atoms with Gasteiger partial charge in [-0.05, 0) is 25.0 Å². The van der Waals surface area contributed by atoms with Crippen LogP contribution in [0, 0.1) is 0 Å². The van der Waals surface area contributed by atoms with Crippen molar-refractivity contribution < 1.29 is 14.3 Å². The fourth-order valence-corrected chi connectivity index (χ4v) is 4.21. The fourth-order valence-electron chi connectivity index (χ4n) is 2.83. The third-order valence-corrected chi connectivity index (χ3v) is 5.32. The monoisotopic (exact) mass is 307 g/mol. The number of ether oxygens (including phenoxy) is 2. The van der Waals surface area contributed by atoms with Gasteiger partial charge < -0.3 is 14.8 Å². The molecule has 0 radical (unpaired) electrons. The summed E-state index contributed by atoms with van der Waals surface area (Å²) in [5.41, 5.74) is 1.05. The first-order chi connectivity index (χ1) is 10.2. The number of fused-ring (bicyclic) bond motifs is 1. The van der Waals surface area contributed by atoms with Gasteiger partial charge in [0.05, 0.1) is 0 Å². The van der Waals surface area contributed by atoms with Crippen LogP contribution in [-0.2, 0) is 11.3 Å². The molecule has 114 valence electrons. The second-order valence-corrected chi connectivity index (χ2v) is 6.84. The van der Waals surface area contributed by atoms with Crippen LogP contribution in [0.3, 0.4) is 0 Å². The fraction of sp³-hybridized carbons (Fsp3) is 0.562. The number of carbonyl (C=O) groups is 1. The van der Waals surface area contributed by atoms with Crippen molar-refractivity contribution in [3.05, 3.63) is 17.7 Å². The maximum atomic E-state index is 11.3. The first-order valence-corrected chi connectivity index (χ1v) is 8.44. The molecule has 0 spiro atoms. The van der Waals surface area contributed by atoms with Gasteiger partial charge in [-0.1, -0.05) is 12.8 Å². The number of amides is 1. The number of benzene rings is 1. The van der Waals surface area contributed by atoms with E-state index >= 15 is 0 Å². The molecular formula is C16H21NO3S. The van der Waals surface area contributed by atoms with Gasteiger partial charge in [0.1, 0.15) is 13.2 Å². The molecule has 0 atom stereocenters. The summed E-state index contributed by atoms with van der Waals surface area (Å²) in [6.45, 7) is 3.19. The highest BCUT2D eigenvalue weighted by molar-refractivity contribution is 8.00. The molecule has 1 aliphatic carbocycles. The molecule has 1 fully saturated rings. The van der Waals surface area contributed by atoms with Crippen LogP contribution in [-0.4, -0.2) is 24.4 Å². The van der Waals surface area contributed by atoms with E-state index in [9.17, 15) is 4.79 Å². The molecule has 1 aromatic carbocycles. The van der Waals surface area contributed by atoms with E-state index in [4.69, 9.17) is 9.47 Å². The molecule has 1 saturated carbocycles. The minimum absolute atomic E-state index is 0.0267. The molecule has 4 nitrogen and oxygen atoms in total. The van der Waals surface area contributed by atoms with Gasteiger partial charge >= 0.3 is 0 Å². The minimum atomic E-state index is -0.0267. The normalized spacial score (nSPS) is 17.8. The molecule has 1 aromatic rings.